The summed E-state index contributed by atoms with van der Waals surface area (Å²) < 4.78 is 49.3. The number of hydrogen-bond donors (Lipinski definition) is 2. The first-order valence-corrected chi connectivity index (χ1v) is 8.91. The minimum absolute atomic E-state index is 0.233. The van der Waals surface area contributed by atoms with Gasteiger partial charge in [0.2, 0.25) is 10.0 Å². The van der Waals surface area contributed by atoms with Crippen molar-refractivity contribution >= 4 is 25.7 Å². The molecule has 0 aliphatic rings. The van der Waals surface area contributed by atoms with E-state index < -0.39 is 20.0 Å². The second kappa shape index (κ2) is 5.76. The molecule has 0 aliphatic carbocycles. The lowest BCUT2D eigenvalue weighted by Crippen LogP contribution is -2.16. The molecule has 114 valence electrons. The Labute approximate surface area is 128 Å². The Morgan fingerprint density at radius 3 is 2.09 bits per heavy atom. The van der Waals surface area contributed by atoms with E-state index >= 15 is 0 Å². The van der Waals surface area contributed by atoms with Gasteiger partial charge in [0, 0.05) is 5.69 Å². The van der Waals surface area contributed by atoms with Crippen LogP contribution in [0.4, 0.5) is 5.69 Å². The van der Waals surface area contributed by atoms with Crippen LogP contribution in [0.25, 0.3) is 0 Å². The summed E-state index contributed by atoms with van der Waals surface area (Å²) in [7, 11) is -7.96. The van der Waals surface area contributed by atoms with E-state index in [0.29, 0.717) is 5.56 Å². The number of anilines is 1. The molecule has 0 aromatic heterocycles. The van der Waals surface area contributed by atoms with Crippen LogP contribution >= 0.6 is 0 Å². The first kappa shape index (κ1) is 16.0. The molecule has 0 bridgehead atoms. The van der Waals surface area contributed by atoms with Crippen molar-refractivity contribution in [2.45, 2.75) is 9.79 Å². The van der Waals surface area contributed by atoms with Gasteiger partial charge in [-0.25, -0.2) is 22.0 Å². The van der Waals surface area contributed by atoms with Crippen molar-refractivity contribution in [3.05, 3.63) is 54.1 Å². The molecule has 9 heteroatoms. The summed E-state index contributed by atoms with van der Waals surface area (Å²) in [5.74, 6) is 0. The third kappa shape index (κ3) is 3.62. The van der Waals surface area contributed by atoms with Crippen LogP contribution in [-0.2, 0) is 20.0 Å². The smallest absolute Gasteiger partial charge is 0.261 e. The highest BCUT2D eigenvalue weighted by Gasteiger charge is 2.17. The van der Waals surface area contributed by atoms with Crippen molar-refractivity contribution in [1.29, 1.82) is 5.26 Å². The lowest BCUT2D eigenvalue weighted by atomic mass is 10.2. The van der Waals surface area contributed by atoms with Crippen molar-refractivity contribution < 1.29 is 16.8 Å². The summed E-state index contributed by atoms with van der Waals surface area (Å²) in [6.45, 7) is 0. The molecule has 0 unspecified atom stereocenters. The molecule has 0 radical (unpaired) electrons. The van der Waals surface area contributed by atoms with Gasteiger partial charge >= 0.3 is 0 Å². The van der Waals surface area contributed by atoms with E-state index in [4.69, 9.17) is 10.4 Å². The summed E-state index contributed by atoms with van der Waals surface area (Å²) in [5.41, 5.74) is 0.638. The van der Waals surface area contributed by atoms with E-state index in [1.165, 1.54) is 42.5 Å². The summed E-state index contributed by atoms with van der Waals surface area (Å²) >= 11 is 0. The molecule has 2 rings (SSSR count). The number of nitrogens with one attached hydrogen (secondary N) is 1. The van der Waals surface area contributed by atoms with E-state index in [0.717, 1.165) is 6.07 Å². The first-order valence-electron chi connectivity index (χ1n) is 5.88. The van der Waals surface area contributed by atoms with Gasteiger partial charge in [-0.05, 0) is 42.5 Å². The maximum Gasteiger partial charge on any atom is 0.261 e. The number of hydrogen-bond acceptors (Lipinski definition) is 5. The van der Waals surface area contributed by atoms with Crippen LogP contribution < -0.4 is 9.86 Å². The van der Waals surface area contributed by atoms with Gasteiger partial charge in [0.25, 0.3) is 10.0 Å². The molecule has 0 heterocycles. The number of benzene rings is 2. The molecule has 7 nitrogen and oxygen atoms in total. The first-order chi connectivity index (χ1) is 10.2. The van der Waals surface area contributed by atoms with Crippen molar-refractivity contribution in [2.24, 2.45) is 5.14 Å². The average Bonchev–Trinajstić information content (AvgIpc) is 2.47. The number of nitrogens with two attached hydrogens (primary N) is 1. The SMILES string of the molecule is N#Cc1ccc(NS(=O)(=O)c2cccc(S(N)(=O)=O)c2)cc1. The van der Waals surface area contributed by atoms with E-state index in [1.807, 2.05) is 6.07 Å². The molecule has 2 aromatic rings. The highest BCUT2D eigenvalue weighted by Crippen LogP contribution is 2.19. The van der Waals surface area contributed by atoms with Crippen molar-refractivity contribution in [1.82, 2.24) is 0 Å². The van der Waals surface area contributed by atoms with Crippen LogP contribution in [0.5, 0.6) is 0 Å². The lowest BCUT2D eigenvalue weighted by molar-refractivity contribution is 0.597. The average molecular weight is 337 g/mol. The number of sulfonamides is 2. The van der Waals surface area contributed by atoms with E-state index in [2.05, 4.69) is 4.72 Å². The molecular weight excluding hydrogens is 326 g/mol. The Morgan fingerprint density at radius 1 is 0.955 bits per heavy atom. The summed E-state index contributed by atoms with van der Waals surface area (Å²) in [6.07, 6.45) is 0. The van der Waals surface area contributed by atoms with Gasteiger partial charge in [-0.15, -0.1) is 0 Å². The molecule has 0 fully saturated rings. The van der Waals surface area contributed by atoms with Crippen molar-refractivity contribution in [3.63, 3.8) is 0 Å². The molecule has 3 N–H and O–H groups in total. The van der Waals surface area contributed by atoms with Crippen LogP contribution in [0.1, 0.15) is 5.56 Å². The zero-order valence-corrected chi connectivity index (χ0v) is 12.7. The number of primary sulfonamides is 1. The van der Waals surface area contributed by atoms with Gasteiger partial charge in [0.1, 0.15) is 0 Å². The molecular formula is C13H11N3O4S2. The predicted octanol–water partition coefficient (Wildman–Crippen LogP) is 1.01. The van der Waals surface area contributed by atoms with E-state index in [-0.39, 0.29) is 15.5 Å². The van der Waals surface area contributed by atoms with Gasteiger partial charge in [0.05, 0.1) is 21.4 Å². The molecule has 22 heavy (non-hydrogen) atoms. The highest BCUT2D eigenvalue weighted by atomic mass is 32.2. The van der Waals surface area contributed by atoms with Crippen LogP contribution in [0.2, 0.25) is 0 Å². The largest absolute Gasteiger partial charge is 0.280 e. The fourth-order valence-electron chi connectivity index (χ4n) is 1.65. The lowest BCUT2D eigenvalue weighted by Gasteiger charge is -2.09. The van der Waals surface area contributed by atoms with Gasteiger partial charge in [0.15, 0.2) is 0 Å². The standard InChI is InChI=1S/C13H11N3O4S2/c14-9-10-4-6-11(7-5-10)16-22(19,20)13-3-1-2-12(8-13)21(15,17)18/h1-8,16H,(H2,15,17,18). The van der Waals surface area contributed by atoms with Crippen LogP contribution in [0.3, 0.4) is 0 Å². The Kier molecular flexibility index (Phi) is 4.18. The second-order valence-corrected chi connectivity index (χ2v) is 7.56. The second-order valence-electron chi connectivity index (χ2n) is 4.31. The topological polar surface area (TPSA) is 130 Å². The monoisotopic (exact) mass is 337 g/mol. The highest BCUT2D eigenvalue weighted by molar-refractivity contribution is 7.93. The number of nitrogens with zero attached hydrogens (tertiary/aromatic N) is 1. The minimum atomic E-state index is -4.00. The zero-order chi connectivity index (χ0) is 16.4. The molecule has 0 saturated carbocycles. The molecule has 0 saturated heterocycles. The number of nitriles is 1. The van der Waals surface area contributed by atoms with Gasteiger partial charge < -0.3 is 0 Å². The van der Waals surface area contributed by atoms with E-state index in [9.17, 15) is 16.8 Å². The van der Waals surface area contributed by atoms with Gasteiger partial charge in [-0.1, -0.05) is 6.07 Å². The fraction of sp³-hybridized carbons (Fsp3) is 0. The van der Waals surface area contributed by atoms with Crippen LogP contribution in [0.15, 0.2) is 58.3 Å². The van der Waals surface area contributed by atoms with Crippen molar-refractivity contribution in [3.8, 4) is 6.07 Å². The molecule has 0 amide bonds. The third-order valence-electron chi connectivity index (χ3n) is 2.71. The van der Waals surface area contributed by atoms with Crippen molar-refractivity contribution in [2.75, 3.05) is 4.72 Å². The molecule has 0 atom stereocenters. The van der Waals surface area contributed by atoms with Crippen LogP contribution in [0, 0.1) is 11.3 Å². The molecule has 0 spiro atoms. The normalized spacial score (nSPS) is 11.6. The Balaban J connectivity index is 2.36. The maximum atomic E-state index is 12.2. The Hall–Kier alpha value is -2.41. The molecule has 2 aromatic carbocycles. The van der Waals surface area contributed by atoms with E-state index in [1.54, 1.807) is 0 Å². The van der Waals surface area contributed by atoms with Gasteiger partial charge in [-0.2, -0.15) is 5.26 Å². The third-order valence-corrected chi connectivity index (χ3v) is 5.00. The van der Waals surface area contributed by atoms with Gasteiger partial charge in [-0.3, -0.25) is 4.72 Å². The maximum absolute atomic E-state index is 12.2. The zero-order valence-electron chi connectivity index (χ0n) is 11.1. The Bertz CT molecular complexity index is 944. The predicted molar refractivity (Wildman–Crippen MR) is 79.8 cm³/mol. The minimum Gasteiger partial charge on any atom is -0.280 e. The summed E-state index contributed by atoms with van der Waals surface area (Å²) in [6, 6.07) is 12.4. The summed E-state index contributed by atoms with van der Waals surface area (Å²) in [4.78, 5) is -0.529. The molecule has 0 aliphatic heterocycles. The summed E-state index contributed by atoms with van der Waals surface area (Å²) in [5, 5.41) is 13.7. The quantitative estimate of drug-likeness (QED) is 0.859. The fourth-order valence-corrected chi connectivity index (χ4v) is 3.38. The number of rotatable bonds is 4. The Morgan fingerprint density at radius 2 is 1.55 bits per heavy atom. The van der Waals surface area contributed by atoms with Crippen LogP contribution in [-0.4, -0.2) is 16.8 Å².